The van der Waals surface area contributed by atoms with E-state index in [4.69, 9.17) is 27.6 Å². The summed E-state index contributed by atoms with van der Waals surface area (Å²) in [5.41, 5.74) is 1.48. The standard InChI is InChI=1S/C16H14Cl2N4O/c1-10-7-15(19-9-12-3-2-6-23-12)22-16(20-10)21-14-8-11(17)4-5-13(14)18/h2-8H,9H2,1H3,(H2,19,20,21,22). The highest BCUT2D eigenvalue weighted by Crippen LogP contribution is 2.27. The Hall–Kier alpha value is -2.24. The van der Waals surface area contributed by atoms with Crippen LogP contribution in [0.25, 0.3) is 0 Å². The van der Waals surface area contributed by atoms with E-state index in [0.29, 0.717) is 34.0 Å². The molecule has 3 rings (SSSR count). The highest BCUT2D eigenvalue weighted by Gasteiger charge is 2.07. The van der Waals surface area contributed by atoms with Crippen LogP contribution in [0.5, 0.6) is 0 Å². The predicted octanol–water partition coefficient (Wildman–Crippen LogP) is 5.04. The van der Waals surface area contributed by atoms with E-state index in [1.807, 2.05) is 25.1 Å². The highest BCUT2D eigenvalue weighted by molar-refractivity contribution is 6.35. The number of nitrogens with zero attached hydrogens (tertiary/aromatic N) is 2. The molecule has 0 amide bonds. The van der Waals surface area contributed by atoms with Crippen molar-refractivity contribution in [2.75, 3.05) is 10.6 Å². The second-order valence-electron chi connectivity index (χ2n) is 4.90. The number of nitrogens with one attached hydrogen (secondary N) is 2. The molecule has 2 heterocycles. The average Bonchev–Trinajstić information content (AvgIpc) is 3.02. The summed E-state index contributed by atoms with van der Waals surface area (Å²) in [6.07, 6.45) is 1.64. The van der Waals surface area contributed by atoms with Gasteiger partial charge in [0.05, 0.1) is 23.5 Å². The molecule has 0 aliphatic heterocycles. The van der Waals surface area contributed by atoms with Crippen molar-refractivity contribution in [2.24, 2.45) is 0 Å². The van der Waals surface area contributed by atoms with Crippen LogP contribution in [0.1, 0.15) is 11.5 Å². The van der Waals surface area contributed by atoms with E-state index >= 15 is 0 Å². The van der Waals surface area contributed by atoms with Gasteiger partial charge >= 0.3 is 0 Å². The normalized spacial score (nSPS) is 10.6. The molecule has 0 saturated heterocycles. The van der Waals surface area contributed by atoms with Crippen molar-refractivity contribution in [2.45, 2.75) is 13.5 Å². The van der Waals surface area contributed by atoms with Gasteiger partial charge in [-0.15, -0.1) is 0 Å². The van der Waals surface area contributed by atoms with Gasteiger partial charge in [-0.05, 0) is 37.3 Å². The third-order valence-electron chi connectivity index (χ3n) is 3.05. The van der Waals surface area contributed by atoms with Crippen molar-refractivity contribution < 1.29 is 4.42 Å². The maximum atomic E-state index is 6.15. The molecule has 5 nitrogen and oxygen atoms in total. The molecule has 1 aromatic carbocycles. The quantitative estimate of drug-likeness (QED) is 0.676. The van der Waals surface area contributed by atoms with Crippen LogP contribution in [0.2, 0.25) is 10.0 Å². The summed E-state index contributed by atoms with van der Waals surface area (Å²) < 4.78 is 5.29. The van der Waals surface area contributed by atoms with Gasteiger partial charge in [-0.3, -0.25) is 0 Å². The second-order valence-corrected chi connectivity index (χ2v) is 5.74. The first-order valence-corrected chi connectivity index (χ1v) is 7.70. The lowest BCUT2D eigenvalue weighted by Crippen LogP contribution is -2.05. The fourth-order valence-electron chi connectivity index (χ4n) is 2.02. The van der Waals surface area contributed by atoms with Gasteiger partial charge < -0.3 is 15.1 Å². The minimum atomic E-state index is 0.441. The number of aromatic nitrogens is 2. The molecule has 0 aliphatic rings. The topological polar surface area (TPSA) is 63.0 Å². The number of hydrogen-bond acceptors (Lipinski definition) is 5. The predicted molar refractivity (Wildman–Crippen MR) is 92.5 cm³/mol. The summed E-state index contributed by atoms with van der Waals surface area (Å²) >= 11 is 12.1. The van der Waals surface area contributed by atoms with E-state index < -0.39 is 0 Å². The van der Waals surface area contributed by atoms with Gasteiger partial charge in [0.2, 0.25) is 5.95 Å². The number of rotatable bonds is 5. The molecule has 0 saturated carbocycles. The van der Waals surface area contributed by atoms with Crippen molar-refractivity contribution in [3.63, 3.8) is 0 Å². The van der Waals surface area contributed by atoms with E-state index in [1.54, 1.807) is 24.5 Å². The molecular weight excluding hydrogens is 335 g/mol. The smallest absolute Gasteiger partial charge is 0.229 e. The maximum absolute atomic E-state index is 6.15. The average molecular weight is 349 g/mol. The maximum Gasteiger partial charge on any atom is 0.229 e. The Morgan fingerprint density at radius 2 is 2.00 bits per heavy atom. The fourth-order valence-corrected chi connectivity index (χ4v) is 2.36. The zero-order valence-corrected chi connectivity index (χ0v) is 13.8. The summed E-state index contributed by atoms with van der Waals surface area (Å²) in [5.74, 6) is 1.96. The van der Waals surface area contributed by atoms with Crippen LogP contribution in [0.4, 0.5) is 17.5 Å². The Morgan fingerprint density at radius 3 is 2.78 bits per heavy atom. The van der Waals surface area contributed by atoms with Gasteiger partial charge in [0.25, 0.3) is 0 Å². The number of hydrogen-bond donors (Lipinski definition) is 2. The summed E-state index contributed by atoms with van der Waals surface area (Å²) in [5, 5.41) is 7.41. The molecule has 2 aromatic heterocycles. The Balaban J connectivity index is 1.78. The van der Waals surface area contributed by atoms with E-state index in [-0.39, 0.29) is 0 Å². The first-order valence-electron chi connectivity index (χ1n) is 6.94. The van der Waals surface area contributed by atoms with Gasteiger partial charge in [-0.25, -0.2) is 4.98 Å². The van der Waals surface area contributed by atoms with Crippen LogP contribution < -0.4 is 10.6 Å². The van der Waals surface area contributed by atoms with Crippen LogP contribution in [-0.2, 0) is 6.54 Å². The molecule has 7 heteroatoms. The third kappa shape index (κ3) is 4.15. The summed E-state index contributed by atoms with van der Waals surface area (Å²) in [6, 6.07) is 10.8. The monoisotopic (exact) mass is 348 g/mol. The van der Waals surface area contributed by atoms with E-state index in [0.717, 1.165) is 11.5 Å². The van der Waals surface area contributed by atoms with Crippen LogP contribution in [-0.4, -0.2) is 9.97 Å². The molecule has 3 aromatic rings. The van der Waals surface area contributed by atoms with Gasteiger partial charge in [-0.2, -0.15) is 4.98 Å². The molecule has 0 atom stereocenters. The molecule has 0 spiro atoms. The number of benzene rings is 1. The Bertz CT molecular complexity index is 806. The first kappa shape index (κ1) is 15.6. The van der Waals surface area contributed by atoms with E-state index in [9.17, 15) is 0 Å². The summed E-state index contributed by atoms with van der Waals surface area (Å²) in [4.78, 5) is 8.78. The summed E-state index contributed by atoms with van der Waals surface area (Å²) in [6.45, 7) is 2.44. The van der Waals surface area contributed by atoms with Crippen molar-refractivity contribution in [1.82, 2.24) is 9.97 Å². The zero-order valence-electron chi connectivity index (χ0n) is 12.3. The van der Waals surface area contributed by atoms with Gasteiger partial charge in [0.1, 0.15) is 11.6 Å². The van der Waals surface area contributed by atoms with Crippen molar-refractivity contribution in [3.8, 4) is 0 Å². The van der Waals surface area contributed by atoms with Crippen molar-refractivity contribution in [1.29, 1.82) is 0 Å². The lowest BCUT2D eigenvalue weighted by molar-refractivity contribution is 0.518. The van der Waals surface area contributed by atoms with Crippen LogP contribution >= 0.6 is 23.2 Å². The van der Waals surface area contributed by atoms with Gasteiger partial charge in [0.15, 0.2) is 0 Å². The first-order chi connectivity index (χ1) is 11.1. The van der Waals surface area contributed by atoms with Crippen LogP contribution in [0.3, 0.4) is 0 Å². The second kappa shape index (κ2) is 6.89. The van der Waals surface area contributed by atoms with E-state index in [1.165, 1.54) is 0 Å². The minimum Gasteiger partial charge on any atom is -0.467 e. The molecule has 0 radical (unpaired) electrons. The number of anilines is 3. The fraction of sp³-hybridized carbons (Fsp3) is 0.125. The third-order valence-corrected chi connectivity index (χ3v) is 3.62. The Labute approximate surface area is 143 Å². The SMILES string of the molecule is Cc1cc(NCc2ccco2)nc(Nc2cc(Cl)ccc2Cl)n1. The van der Waals surface area contributed by atoms with Crippen LogP contribution in [0, 0.1) is 6.92 Å². The molecule has 0 aliphatic carbocycles. The molecule has 118 valence electrons. The van der Waals surface area contributed by atoms with Crippen molar-refractivity contribution >= 4 is 40.7 Å². The Morgan fingerprint density at radius 1 is 1.13 bits per heavy atom. The highest BCUT2D eigenvalue weighted by atomic mass is 35.5. The zero-order chi connectivity index (χ0) is 16.2. The summed E-state index contributed by atoms with van der Waals surface area (Å²) in [7, 11) is 0. The molecular formula is C16H14Cl2N4O. The van der Waals surface area contributed by atoms with Crippen LogP contribution in [0.15, 0.2) is 47.1 Å². The minimum absolute atomic E-state index is 0.441. The molecule has 23 heavy (non-hydrogen) atoms. The van der Waals surface area contributed by atoms with Gasteiger partial charge in [-0.1, -0.05) is 23.2 Å². The molecule has 0 bridgehead atoms. The largest absolute Gasteiger partial charge is 0.467 e. The van der Waals surface area contributed by atoms with Gasteiger partial charge in [0, 0.05) is 16.8 Å². The number of aryl methyl sites for hydroxylation is 1. The van der Waals surface area contributed by atoms with Crippen molar-refractivity contribution in [3.05, 3.63) is 64.2 Å². The Kier molecular flexibility index (Phi) is 4.69. The molecule has 2 N–H and O–H groups in total. The molecule has 0 unspecified atom stereocenters. The molecule has 0 fully saturated rings. The number of halogens is 2. The number of furan rings is 1. The van der Waals surface area contributed by atoms with E-state index in [2.05, 4.69) is 20.6 Å². The lowest BCUT2D eigenvalue weighted by Gasteiger charge is -2.10. The lowest BCUT2D eigenvalue weighted by atomic mass is 10.3.